The smallest absolute Gasteiger partial charge is 0.257 e. The lowest BCUT2D eigenvalue weighted by atomic mass is 10.1. The van der Waals surface area contributed by atoms with E-state index >= 15 is 0 Å². The summed E-state index contributed by atoms with van der Waals surface area (Å²) in [5.41, 5.74) is 0.419. The van der Waals surface area contributed by atoms with E-state index in [9.17, 15) is 9.90 Å². The molecule has 1 aromatic heterocycles. The number of halogens is 1. The van der Waals surface area contributed by atoms with Gasteiger partial charge in [0, 0.05) is 17.0 Å². The number of amides is 1. The fraction of sp³-hybridized carbons (Fsp3) is 0.357. The fourth-order valence-electron chi connectivity index (χ4n) is 2.27. The normalized spacial score (nSPS) is 23.9. The molecule has 1 aliphatic heterocycles. The van der Waals surface area contributed by atoms with E-state index in [1.54, 1.807) is 24.3 Å². The highest BCUT2D eigenvalue weighted by Gasteiger charge is 2.36. The van der Waals surface area contributed by atoms with Crippen molar-refractivity contribution in [1.82, 2.24) is 10.2 Å². The Morgan fingerprint density at radius 2 is 2.30 bits per heavy atom. The third-order valence-electron chi connectivity index (χ3n) is 3.43. The predicted octanol–water partition coefficient (Wildman–Crippen LogP) is 1.63. The van der Waals surface area contributed by atoms with Gasteiger partial charge in [-0.2, -0.15) is 0 Å². The van der Waals surface area contributed by atoms with Gasteiger partial charge in [0.2, 0.25) is 5.13 Å². The first-order valence-corrected chi connectivity index (χ1v) is 8.11. The summed E-state index contributed by atoms with van der Waals surface area (Å²) in [6, 6.07) is 6.57. The zero-order chi connectivity index (χ0) is 16.4. The van der Waals surface area contributed by atoms with E-state index in [0.717, 1.165) is 0 Å². The summed E-state index contributed by atoms with van der Waals surface area (Å²) in [4.78, 5) is 12.1. The summed E-state index contributed by atoms with van der Waals surface area (Å²) in [5, 5.41) is 30.7. The van der Waals surface area contributed by atoms with Crippen molar-refractivity contribution in [1.29, 1.82) is 0 Å². The Hall–Kier alpha value is -1.58. The summed E-state index contributed by atoms with van der Waals surface area (Å²) in [5.74, 6) is -0.337. The van der Waals surface area contributed by atoms with Crippen LogP contribution in [-0.2, 0) is 4.74 Å². The molecule has 7 nitrogen and oxygen atoms in total. The van der Waals surface area contributed by atoms with Crippen molar-refractivity contribution < 1.29 is 19.7 Å². The van der Waals surface area contributed by atoms with Crippen LogP contribution < -0.4 is 5.32 Å². The number of carbonyl (C=O) groups excluding carboxylic acids is 1. The molecule has 3 atom stereocenters. The average Bonchev–Trinajstić information content (AvgIpc) is 3.13. The van der Waals surface area contributed by atoms with Crippen molar-refractivity contribution in [3.05, 3.63) is 39.9 Å². The molecule has 3 rings (SSSR count). The maximum absolute atomic E-state index is 12.1. The van der Waals surface area contributed by atoms with Crippen molar-refractivity contribution in [3.63, 3.8) is 0 Å². The highest BCUT2D eigenvalue weighted by atomic mass is 35.5. The van der Waals surface area contributed by atoms with Crippen LogP contribution in [0.2, 0.25) is 5.02 Å². The first-order chi connectivity index (χ1) is 11.1. The van der Waals surface area contributed by atoms with Crippen molar-refractivity contribution in [2.75, 3.05) is 11.9 Å². The third-order valence-corrected chi connectivity index (χ3v) is 4.59. The number of anilines is 1. The molecule has 0 saturated carbocycles. The largest absolute Gasteiger partial charge is 0.394 e. The van der Waals surface area contributed by atoms with E-state index < -0.39 is 18.3 Å². The maximum Gasteiger partial charge on any atom is 0.257 e. The minimum absolute atomic E-state index is 0.255. The molecule has 1 saturated heterocycles. The van der Waals surface area contributed by atoms with Gasteiger partial charge < -0.3 is 14.9 Å². The molecular formula is C14H14ClN3O4S. The Balaban J connectivity index is 1.67. The van der Waals surface area contributed by atoms with Gasteiger partial charge in [0.05, 0.1) is 12.7 Å². The highest BCUT2D eigenvalue weighted by Crippen LogP contribution is 2.35. The second-order valence-corrected chi connectivity index (χ2v) is 6.50. The zero-order valence-electron chi connectivity index (χ0n) is 11.8. The number of aliphatic hydroxyl groups excluding tert-OH is 2. The average molecular weight is 356 g/mol. The zero-order valence-corrected chi connectivity index (χ0v) is 13.4. The van der Waals surface area contributed by atoms with Gasteiger partial charge in [-0.25, -0.2) is 0 Å². The molecule has 0 bridgehead atoms. The topological polar surface area (TPSA) is 105 Å². The maximum atomic E-state index is 12.1. The molecule has 1 amide bonds. The first kappa shape index (κ1) is 16.3. The minimum Gasteiger partial charge on any atom is -0.394 e. The molecule has 9 heteroatoms. The number of nitrogens with one attached hydrogen (secondary N) is 1. The van der Waals surface area contributed by atoms with Crippen LogP contribution in [-0.4, -0.2) is 45.1 Å². The quantitative estimate of drug-likeness (QED) is 0.770. The van der Waals surface area contributed by atoms with Crippen molar-refractivity contribution in [3.8, 4) is 0 Å². The summed E-state index contributed by atoms with van der Waals surface area (Å²) < 4.78 is 5.51. The molecule has 0 aliphatic carbocycles. The Morgan fingerprint density at radius 3 is 3.00 bits per heavy atom. The van der Waals surface area contributed by atoms with Gasteiger partial charge in [0.1, 0.15) is 17.2 Å². The van der Waals surface area contributed by atoms with E-state index in [4.69, 9.17) is 21.4 Å². The lowest BCUT2D eigenvalue weighted by Gasteiger charge is -2.09. The number of rotatable bonds is 4. The summed E-state index contributed by atoms with van der Waals surface area (Å²) in [6.45, 7) is -0.255. The summed E-state index contributed by atoms with van der Waals surface area (Å²) in [6.07, 6.45) is -1.45. The van der Waals surface area contributed by atoms with E-state index in [1.165, 1.54) is 11.3 Å². The number of hydrogen-bond donors (Lipinski definition) is 3. The Bertz CT molecular complexity index is 711. The minimum atomic E-state index is -0.738. The summed E-state index contributed by atoms with van der Waals surface area (Å²) in [7, 11) is 0. The number of ether oxygens (including phenoxy) is 1. The number of hydrogen-bond acceptors (Lipinski definition) is 7. The van der Waals surface area contributed by atoms with Gasteiger partial charge in [-0.3, -0.25) is 10.1 Å². The molecule has 3 N–H and O–H groups in total. The molecule has 2 aromatic rings. The fourth-order valence-corrected chi connectivity index (χ4v) is 3.24. The molecule has 0 spiro atoms. The Labute approximate surface area is 140 Å². The molecule has 2 heterocycles. The first-order valence-electron chi connectivity index (χ1n) is 6.91. The van der Waals surface area contributed by atoms with E-state index in [2.05, 4.69) is 15.5 Å². The number of nitrogens with zero attached hydrogens (tertiary/aromatic N) is 2. The van der Waals surface area contributed by atoms with Crippen molar-refractivity contribution >= 4 is 34.0 Å². The lowest BCUT2D eigenvalue weighted by molar-refractivity contribution is -0.0227. The number of aromatic nitrogens is 2. The molecular weight excluding hydrogens is 342 g/mol. The second kappa shape index (κ2) is 6.90. The van der Waals surface area contributed by atoms with Crippen LogP contribution >= 0.6 is 22.9 Å². The van der Waals surface area contributed by atoms with Crippen LogP contribution in [0.1, 0.15) is 27.9 Å². The Morgan fingerprint density at radius 1 is 1.48 bits per heavy atom. The van der Waals surface area contributed by atoms with Gasteiger partial charge in [-0.05, 0) is 18.2 Å². The van der Waals surface area contributed by atoms with Crippen molar-refractivity contribution in [2.24, 2.45) is 0 Å². The number of benzene rings is 1. The molecule has 1 aromatic carbocycles. The third kappa shape index (κ3) is 3.67. The molecule has 1 fully saturated rings. The number of aliphatic hydroxyl groups is 2. The van der Waals surface area contributed by atoms with Crippen LogP contribution in [0, 0.1) is 0 Å². The van der Waals surface area contributed by atoms with Crippen LogP contribution in [0.25, 0.3) is 0 Å². The van der Waals surface area contributed by atoms with Gasteiger partial charge in [0.15, 0.2) is 0 Å². The second-order valence-electron chi connectivity index (χ2n) is 5.06. The van der Waals surface area contributed by atoms with Gasteiger partial charge in [-0.15, -0.1) is 10.2 Å². The van der Waals surface area contributed by atoms with Crippen LogP contribution in [0.5, 0.6) is 0 Å². The standard InChI is InChI=1S/C14H14ClN3O4S/c15-8-3-1-2-7(4-8)12(21)16-14-18-17-13(23-14)10-5-9(20)11(6-19)22-10/h1-4,9-11,19-20H,5-6H2,(H,16,18,21)/t9-,10+,11+/m0/s1. The van der Waals surface area contributed by atoms with E-state index in [-0.39, 0.29) is 12.5 Å². The Kier molecular flexibility index (Phi) is 4.88. The molecule has 1 aliphatic rings. The highest BCUT2D eigenvalue weighted by molar-refractivity contribution is 7.15. The molecule has 23 heavy (non-hydrogen) atoms. The SMILES string of the molecule is O=C(Nc1nnc([C@H]2C[C@H](O)[C@@H](CO)O2)s1)c1cccc(Cl)c1. The predicted molar refractivity (Wildman–Crippen MR) is 84.6 cm³/mol. The molecule has 0 radical (unpaired) electrons. The van der Waals surface area contributed by atoms with Gasteiger partial charge in [0.25, 0.3) is 5.91 Å². The van der Waals surface area contributed by atoms with Crippen molar-refractivity contribution in [2.45, 2.75) is 24.7 Å². The van der Waals surface area contributed by atoms with E-state index in [0.29, 0.717) is 27.1 Å². The van der Waals surface area contributed by atoms with Gasteiger partial charge in [-0.1, -0.05) is 29.0 Å². The van der Waals surface area contributed by atoms with Crippen LogP contribution in [0.15, 0.2) is 24.3 Å². The summed E-state index contributed by atoms with van der Waals surface area (Å²) >= 11 is 7.02. The monoisotopic (exact) mass is 355 g/mol. The van der Waals surface area contributed by atoms with E-state index in [1.807, 2.05) is 0 Å². The molecule has 122 valence electrons. The van der Waals surface area contributed by atoms with Crippen LogP contribution in [0.4, 0.5) is 5.13 Å². The van der Waals surface area contributed by atoms with Crippen LogP contribution in [0.3, 0.4) is 0 Å². The van der Waals surface area contributed by atoms with Gasteiger partial charge >= 0.3 is 0 Å². The molecule has 0 unspecified atom stereocenters. The lowest BCUT2D eigenvalue weighted by Crippen LogP contribution is -2.24. The number of carbonyl (C=O) groups is 1.